The van der Waals surface area contributed by atoms with Gasteiger partial charge in [-0.3, -0.25) is 4.79 Å². The summed E-state index contributed by atoms with van der Waals surface area (Å²) in [5.41, 5.74) is 4.59. The van der Waals surface area contributed by atoms with Gasteiger partial charge in [-0.15, -0.1) is 11.3 Å². The number of hydrogen-bond donors (Lipinski definition) is 1. The second-order valence-corrected chi connectivity index (χ2v) is 8.11. The molecular weight excluding hydrogens is 386 g/mol. The van der Waals surface area contributed by atoms with Crippen LogP contribution in [-0.4, -0.2) is 18.0 Å². The van der Waals surface area contributed by atoms with E-state index in [4.69, 9.17) is 9.47 Å². The molecule has 2 aromatic carbocycles. The van der Waals surface area contributed by atoms with Crippen molar-refractivity contribution in [1.82, 2.24) is 0 Å². The van der Waals surface area contributed by atoms with Crippen LogP contribution in [-0.2, 0) is 16.1 Å². The molecule has 6 heteroatoms. The highest BCUT2D eigenvalue weighted by Crippen LogP contribution is 2.42. The van der Waals surface area contributed by atoms with E-state index in [1.807, 2.05) is 56.3 Å². The maximum absolute atomic E-state index is 12.6. The van der Waals surface area contributed by atoms with Crippen LogP contribution in [0.4, 0.5) is 5.69 Å². The molecule has 0 fully saturated rings. The molecule has 29 heavy (non-hydrogen) atoms. The van der Waals surface area contributed by atoms with Crippen molar-refractivity contribution >= 4 is 28.9 Å². The van der Waals surface area contributed by atoms with Gasteiger partial charge in [0.05, 0.1) is 0 Å². The van der Waals surface area contributed by atoms with Gasteiger partial charge in [-0.05, 0) is 50.1 Å². The van der Waals surface area contributed by atoms with E-state index in [0.717, 1.165) is 38.6 Å². The Hall–Kier alpha value is -3.12. The molecule has 5 nitrogen and oxygen atoms in total. The quantitative estimate of drug-likeness (QED) is 0.611. The highest BCUT2D eigenvalue weighted by atomic mass is 32.1. The first kappa shape index (κ1) is 19.2. The van der Waals surface area contributed by atoms with Gasteiger partial charge in [-0.2, -0.15) is 0 Å². The van der Waals surface area contributed by atoms with Gasteiger partial charge in [0, 0.05) is 21.7 Å². The Morgan fingerprint density at radius 2 is 1.83 bits per heavy atom. The molecule has 1 aliphatic heterocycles. The van der Waals surface area contributed by atoms with Crippen molar-refractivity contribution in [3.63, 3.8) is 0 Å². The van der Waals surface area contributed by atoms with Crippen LogP contribution < -0.4 is 10.1 Å². The van der Waals surface area contributed by atoms with Crippen LogP contribution >= 0.6 is 11.3 Å². The van der Waals surface area contributed by atoms with Gasteiger partial charge in [-0.1, -0.05) is 30.3 Å². The van der Waals surface area contributed by atoms with E-state index in [-0.39, 0.29) is 5.91 Å². The molecular formula is C23H21NO4S. The minimum Gasteiger partial charge on any atom is -0.488 e. The van der Waals surface area contributed by atoms with E-state index < -0.39 is 12.1 Å². The van der Waals surface area contributed by atoms with Gasteiger partial charge in [0.15, 0.2) is 6.10 Å². The van der Waals surface area contributed by atoms with Crippen LogP contribution in [0.2, 0.25) is 0 Å². The number of para-hydroxylation sites is 2. The van der Waals surface area contributed by atoms with Crippen LogP contribution in [0.25, 0.3) is 10.4 Å². The number of benzene rings is 2. The fourth-order valence-corrected chi connectivity index (χ4v) is 4.39. The third kappa shape index (κ3) is 3.76. The summed E-state index contributed by atoms with van der Waals surface area (Å²) < 4.78 is 11.2. The van der Waals surface area contributed by atoms with Gasteiger partial charge in [0.1, 0.15) is 17.2 Å². The molecule has 148 valence electrons. The fraction of sp³-hybridized carbons (Fsp3) is 0.217. The molecule has 1 atom stereocenters. The zero-order chi connectivity index (χ0) is 20.5. The Kier molecular flexibility index (Phi) is 5.11. The number of rotatable bonds is 4. The molecule has 1 amide bonds. The van der Waals surface area contributed by atoms with Crippen LogP contribution in [0.1, 0.15) is 33.3 Å². The van der Waals surface area contributed by atoms with Crippen LogP contribution in [0.15, 0.2) is 48.5 Å². The predicted molar refractivity (Wildman–Crippen MR) is 114 cm³/mol. The molecule has 2 heterocycles. The third-order valence-corrected chi connectivity index (χ3v) is 6.10. The molecule has 1 aromatic heterocycles. The zero-order valence-corrected chi connectivity index (χ0v) is 17.3. The Labute approximate surface area is 173 Å². The van der Waals surface area contributed by atoms with Gasteiger partial charge in [-0.25, -0.2) is 4.79 Å². The lowest BCUT2D eigenvalue weighted by Gasteiger charge is -2.16. The van der Waals surface area contributed by atoms with Gasteiger partial charge in [0.25, 0.3) is 5.91 Å². The molecule has 0 bridgehead atoms. The molecule has 3 aromatic rings. The first-order valence-electron chi connectivity index (χ1n) is 9.37. The first-order chi connectivity index (χ1) is 13.9. The van der Waals surface area contributed by atoms with E-state index in [1.165, 1.54) is 11.3 Å². The lowest BCUT2D eigenvalue weighted by Crippen LogP contribution is -2.30. The summed E-state index contributed by atoms with van der Waals surface area (Å²) in [6.45, 7) is 5.84. The highest BCUT2D eigenvalue weighted by Gasteiger charge is 2.25. The third-order valence-electron chi connectivity index (χ3n) is 4.91. The molecule has 0 unspecified atom stereocenters. The molecule has 1 N–H and O–H groups in total. The van der Waals surface area contributed by atoms with E-state index in [0.29, 0.717) is 11.5 Å². The summed E-state index contributed by atoms with van der Waals surface area (Å²) >= 11 is 1.36. The normalized spacial score (nSPS) is 12.9. The maximum atomic E-state index is 12.6. The standard InChI is InChI=1S/C23H21NO4S/c1-13-7-6-8-14(2)20(13)24-22(25)15(3)28-23(26)19-11-16-12-27-18-10-5-4-9-17(18)21(16)29-19/h4-11,15H,12H2,1-3H3,(H,24,25)/t15-/m1/s1. The average Bonchev–Trinajstić information content (AvgIpc) is 3.15. The van der Waals surface area contributed by atoms with Crippen molar-refractivity contribution in [1.29, 1.82) is 0 Å². The number of amides is 1. The number of esters is 1. The monoisotopic (exact) mass is 407 g/mol. The summed E-state index contributed by atoms with van der Waals surface area (Å²) in [5.74, 6) is -0.0556. The Balaban J connectivity index is 1.48. The Morgan fingerprint density at radius 3 is 2.59 bits per heavy atom. The summed E-state index contributed by atoms with van der Waals surface area (Å²) in [6, 6.07) is 15.3. The molecule has 0 saturated carbocycles. The number of carbonyl (C=O) groups excluding carboxylic acids is 2. The van der Waals surface area contributed by atoms with Crippen molar-refractivity contribution < 1.29 is 19.1 Å². The largest absolute Gasteiger partial charge is 0.488 e. The van der Waals surface area contributed by atoms with Crippen molar-refractivity contribution in [3.8, 4) is 16.2 Å². The number of nitrogens with one attached hydrogen (secondary N) is 1. The molecule has 1 aliphatic rings. The van der Waals surface area contributed by atoms with E-state index in [9.17, 15) is 9.59 Å². The first-order valence-corrected chi connectivity index (χ1v) is 10.2. The lowest BCUT2D eigenvalue weighted by molar-refractivity contribution is -0.123. The van der Waals surface area contributed by atoms with Crippen molar-refractivity contribution in [3.05, 3.63) is 70.1 Å². The van der Waals surface area contributed by atoms with Gasteiger partial charge >= 0.3 is 5.97 Å². The van der Waals surface area contributed by atoms with Crippen molar-refractivity contribution in [2.75, 3.05) is 5.32 Å². The number of aryl methyl sites for hydroxylation is 2. The zero-order valence-electron chi connectivity index (χ0n) is 16.4. The number of thiophene rings is 1. The maximum Gasteiger partial charge on any atom is 0.349 e. The van der Waals surface area contributed by atoms with E-state index in [1.54, 1.807) is 13.0 Å². The molecule has 4 rings (SSSR count). The smallest absolute Gasteiger partial charge is 0.349 e. The molecule has 0 radical (unpaired) electrons. The number of anilines is 1. The summed E-state index contributed by atoms with van der Waals surface area (Å²) in [5, 5.41) is 2.86. The average molecular weight is 407 g/mol. The summed E-state index contributed by atoms with van der Waals surface area (Å²) in [7, 11) is 0. The van der Waals surface area contributed by atoms with Gasteiger partial charge < -0.3 is 14.8 Å². The predicted octanol–water partition coefficient (Wildman–Crippen LogP) is 5.11. The molecule has 0 spiro atoms. The van der Waals surface area contributed by atoms with Crippen molar-refractivity contribution in [2.45, 2.75) is 33.5 Å². The van der Waals surface area contributed by atoms with E-state index >= 15 is 0 Å². The number of carbonyl (C=O) groups is 2. The highest BCUT2D eigenvalue weighted by molar-refractivity contribution is 7.17. The number of ether oxygens (including phenoxy) is 2. The summed E-state index contributed by atoms with van der Waals surface area (Å²) in [4.78, 5) is 26.6. The molecule has 0 saturated heterocycles. The van der Waals surface area contributed by atoms with Crippen LogP contribution in [0, 0.1) is 13.8 Å². The van der Waals surface area contributed by atoms with E-state index in [2.05, 4.69) is 5.32 Å². The Bertz CT molecular complexity index is 1080. The second-order valence-electron chi connectivity index (χ2n) is 7.05. The molecule has 0 aliphatic carbocycles. The van der Waals surface area contributed by atoms with Gasteiger partial charge in [0.2, 0.25) is 0 Å². The number of hydrogen-bond acceptors (Lipinski definition) is 5. The lowest BCUT2D eigenvalue weighted by atomic mass is 10.1. The van der Waals surface area contributed by atoms with Crippen LogP contribution in [0.3, 0.4) is 0 Å². The van der Waals surface area contributed by atoms with Crippen molar-refractivity contribution in [2.24, 2.45) is 0 Å². The SMILES string of the molecule is Cc1cccc(C)c1NC(=O)[C@@H](C)OC(=O)c1cc2c(s1)-c1ccccc1OC2. The fourth-order valence-electron chi connectivity index (χ4n) is 3.31. The Morgan fingerprint density at radius 1 is 1.10 bits per heavy atom. The second kappa shape index (κ2) is 7.72. The summed E-state index contributed by atoms with van der Waals surface area (Å²) in [6.07, 6.45) is -0.913. The minimum atomic E-state index is -0.913. The topological polar surface area (TPSA) is 64.6 Å². The number of fused-ring (bicyclic) bond motifs is 3. The minimum absolute atomic E-state index is 0.356. The van der Waals surface area contributed by atoms with Crippen LogP contribution in [0.5, 0.6) is 5.75 Å².